The minimum Gasteiger partial charge on any atom is -0.487 e. The molecule has 1 aromatic rings. The second-order valence-corrected chi connectivity index (χ2v) is 9.21. The van der Waals surface area contributed by atoms with Crippen LogP contribution in [-0.4, -0.2) is 39.1 Å². The van der Waals surface area contributed by atoms with Crippen LogP contribution >= 0.6 is 11.8 Å². The van der Waals surface area contributed by atoms with Crippen molar-refractivity contribution >= 4 is 17.5 Å². The molecule has 0 aromatic carbocycles. The summed E-state index contributed by atoms with van der Waals surface area (Å²) in [7, 11) is 0. The molecule has 1 aliphatic rings. The molecule has 1 saturated heterocycles. The molecule has 2 N–H and O–H groups in total. The average molecular weight is 371 g/mol. The molecule has 2 heterocycles. The third kappa shape index (κ3) is 4.74. The summed E-state index contributed by atoms with van der Waals surface area (Å²) in [6, 6.07) is -0.395. The van der Waals surface area contributed by atoms with Gasteiger partial charge >= 0.3 is 0 Å². The Balaban J connectivity index is 2.13. The van der Waals surface area contributed by atoms with Crippen molar-refractivity contribution in [2.24, 2.45) is 5.92 Å². The summed E-state index contributed by atoms with van der Waals surface area (Å²) in [5, 5.41) is 23.2. The molecule has 142 valence electrons. The van der Waals surface area contributed by atoms with Gasteiger partial charge in [-0.3, -0.25) is 15.5 Å². The van der Waals surface area contributed by atoms with Gasteiger partial charge in [-0.25, -0.2) is 4.68 Å². The number of hydrogen-bond donors (Lipinski definition) is 2. The fourth-order valence-corrected chi connectivity index (χ4v) is 4.58. The summed E-state index contributed by atoms with van der Waals surface area (Å²) >= 11 is 1.68. The molecule has 1 aromatic heterocycles. The molecule has 0 bridgehead atoms. The maximum Gasteiger partial charge on any atom is 0.264 e. The van der Waals surface area contributed by atoms with E-state index in [2.05, 4.69) is 5.27 Å². The number of Topliss-reactive ketones (excluding diaryl/α,β-unsaturated/α-hetero) is 1. The van der Waals surface area contributed by atoms with Crippen LogP contribution in [0.4, 0.5) is 0 Å². The Morgan fingerprint density at radius 2 is 2.08 bits per heavy atom. The number of nitrogens with one attached hydrogen (secondary N) is 1. The monoisotopic (exact) mass is 370 g/mol. The first-order chi connectivity index (χ1) is 11.6. The fourth-order valence-electron chi connectivity index (χ4n) is 4.12. The van der Waals surface area contributed by atoms with E-state index in [-0.39, 0.29) is 28.3 Å². The maximum absolute atomic E-state index is 13.0. The first-order valence-electron chi connectivity index (χ1n) is 8.67. The van der Waals surface area contributed by atoms with Crippen LogP contribution < -0.4 is 15.5 Å². The van der Waals surface area contributed by atoms with Gasteiger partial charge in [-0.15, -0.1) is 0 Å². The number of aromatic nitrogens is 2. The molecule has 1 atom stereocenters. The van der Waals surface area contributed by atoms with Crippen molar-refractivity contribution in [1.82, 2.24) is 10.3 Å². The highest BCUT2D eigenvalue weighted by Gasteiger charge is 2.46. The van der Waals surface area contributed by atoms with Gasteiger partial charge in [0.1, 0.15) is 0 Å². The van der Waals surface area contributed by atoms with Crippen LogP contribution in [-0.2, 0) is 4.79 Å². The van der Waals surface area contributed by atoms with Gasteiger partial charge in [-0.2, -0.15) is 16.8 Å². The zero-order chi connectivity index (χ0) is 18.8. The van der Waals surface area contributed by atoms with Gasteiger partial charge in [0.15, 0.2) is 5.78 Å². The number of rotatable bonds is 7. The van der Waals surface area contributed by atoms with Gasteiger partial charge in [0.2, 0.25) is 12.2 Å². The lowest BCUT2D eigenvalue weighted by Crippen LogP contribution is -2.59. The van der Waals surface area contributed by atoms with Crippen LogP contribution in [0.25, 0.3) is 0 Å². The van der Waals surface area contributed by atoms with Crippen LogP contribution in [0.15, 0.2) is 10.7 Å². The average Bonchev–Trinajstić information content (AvgIpc) is 2.91. The first-order valence-corrected chi connectivity index (χ1v) is 10.1. The van der Waals surface area contributed by atoms with Crippen molar-refractivity contribution in [1.29, 1.82) is 5.41 Å². The van der Waals surface area contributed by atoms with Crippen molar-refractivity contribution in [3.63, 3.8) is 0 Å². The number of thioether (sulfide) groups is 1. The number of hydrogen-bond acceptors (Lipinski definition) is 6. The highest BCUT2D eigenvalue weighted by molar-refractivity contribution is 7.98. The van der Waals surface area contributed by atoms with Gasteiger partial charge in [0, 0.05) is 23.9 Å². The van der Waals surface area contributed by atoms with E-state index in [1.807, 2.05) is 34.0 Å². The predicted octanol–water partition coefficient (Wildman–Crippen LogP) is 1.92. The Labute approximate surface area is 153 Å². The molecule has 0 spiro atoms. The largest absolute Gasteiger partial charge is 0.487 e. The quantitative estimate of drug-likeness (QED) is 0.712. The molecular formula is C17H30N4O3S. The number of ketones is 1. The summed E-state index contributed by atoms with van der Waals surface area (Å²) in [6.07, 6.45) is 6.12. The summed E-state index contributed by atoms with van der Waals surface area (Å²) in [6.45, 7) is 8.04. The Morgan fingerprint density at radius 1 is 1.48 bits per heavy atom. The van der Waals surface area contributed by atoms with Gasteiger partial charge in [-0.1, -0.05) is 0 Å². The number of carbonyl (C=O) groups excluding carboxylic acids is 1. The maximum atomic E-state index is 13.0. The number of carbonyl (C=O) groups is 1. The van der Waals surface area contributed by atoms with Crippen LogP contribution in [0, 0.1) is 11.3 Å². The molecule has 7 nitrogen and oxygen atoms in total. The molecule has 0 radical (unpaired) electrons. The lowest BCUT2D eigenvalue weighted by molar-refractivity contribution is -0.778. The van der Waals surface area contributed by atoms with E-state index < -0.39 is 6.04 Å². The molecular weight excluding hydrogens is 340 g/mol. The minimum atomic E-state index is -0.395. The lowest BCUT2D eigenvalue weighted by atomic mass is 9.73. The van der Waals surface area contributed by atoms with Gasteiger partial charge in [-0.05, 0) is 58.5 Å². The Bertz CT molecular complexity index is 634. The zero-order valence-corrected chi connectivity index (χ0v) is 16.6. The van der Waals surface area contributed by atoms with Crippen molar-refractivity contribution in [3.05, 3.63) is 11.8 Å². The van der Waals surface area contributed by atoms with Crippen molar-refractivity contribution in [2.45, 2.75) is 70.5 Å². The van der Waals surface area contributed by atoms with E-state index in [1.54, 1.807) is 11.8 Å². The van der Waals surface area contributed by atoms with Crippen molar-refractivity contribution in [3.8, 4) is 0 Å². The van der Waals surface area contributed by atoms with E-state index in [0.717, 1.165) is 18.6 Å². The zero-order valence-electron chi connectivity index (χ0n) is 15.8. The van der Waals surface area contributed by atoms with Crippen molar-refractivity contribution < 1.29 is 19.2 Å². The molecule has 25 heavy (non-hydrogen) atoms. The van der Waals surface area contributed by atoms with E-state index >= 15 is 0 Å². The lowest BCUT2D eigenvalue weighted by Gasteiger charge is -2.51. The topological polar surface area (TPSA) is 95.5 Å². The first kappa shape index (κ1) is 20.2. The number of hydroxylamine groups is 2. The van der Waals surface area contributed by atoms with Crippen LogP contribution in [0.2, 0.25) is 0 Å². The second-order valence-electron chi connectivity index (χ2n) is 8.22. The Morgan fingerprint density at radius 3 is 2.56 bits per heavy atom. The standard InChI is InChI=1S/C17H30N4O3S/c1-16(2)9-12(10-17(3,4)21(16)23)8-14(22)13(6-7-25-5)20-11-15(18)24-19-20/h11-13,18,23H,6-10H2,1-5H3. The molecule has 8 heteroatoms. The molecule has 0 aliphatic carbocycles. The molecule has 0 amide bonds. The molecule has 2 rings (SSSR count). The highest BCUT2D eigenvalue weighted by atomic mass is 32.2. The van der Waals surface area contributed by atoms with Gasteiger partial charge < -0.3 is 9.73 Å². The summed E-state index contributed by atoms with van der Waals surface area (Å²) in [5.74, 6) is 1.17. The number of nitrogens with zero attached hydrogens (tertiary/aromatic N) is 3. The minimum absolute atomic E-state index is 0.0437. The van der Waals surface area contributed by atoms with Crippen LogP contribution in [0.5, 0.6) is 0 Å². The van der Waals surface area contributed by atoms with E-state index in [9.17, 15) is 10.0 Å². The number of piperidine rings is 1. The summed E-state index contributed by atoms with van der Waals surface area (Å²) in [5.41, 5.74) is -0.772. The van der Waals surface area contributed by atoms with Crippen LogP contribution in [0.1, 0.15) is 59.4 Å². The Kier molecular flexibility index (Phi) is 6.17. The normalized spacial score (nSPS) is 22.0. The predicted molar refractivity (Wildman–Crippen MR) is 94.2 cm³/mol. The van der Waals surface area contributed by atoms with Gasteiger partial charge in [0.25, 0.3) is 5.55 Å². The molecule has 1 aliphatic heterocycles. The molecule has 0 saturated carbocycles. The van der Waals surface area contributed by atoms with E-state index in [4.69, 9.17) is 9.93 Å². The Hall–Kier alpha value is -1.12. The third-order valence-corrected chi connectivity index (χ3v) is 5.63. The molecule has 1 unspecified atom stereocenters. The fraction of sp³-hybridized carbons (Fsp3) is 0.824. The SMILES string of the molecule is CSCCC(C(=O)CC1CC(C)(C)N(O)C(C)(C)C1)[n+]1cc(=N)o[n-]1. The second kappa shape index (κ2) is 7.63. The third-order valence-electron chi connectivity index (χ3n) is 4.98. The van der Waals surface area contributed by atoms with E-state index in [1.165, 1.54) is 15.9 Å². The van der Waals surface area contributed by atoms with Gasteiger partial charge in [0.05, 0.1) is 0 Å². The summed E-state index contributed by atoms with van der Waals surface area (Å²) in [4.78, 5) is 13.0. The summed E-state index contributed by atoms with van der Waals surface area (Å²) < 4.78 is 6.31. The van der Waals surface area contributed by atoms with E-state index in [0.29, 0.717) is 12.8 Å². The van der Waals surface area contributed by atoms with Crippen LogP contribution in [0.3, 0.4) is 0 Å². The van der Waals surface area contributed by atoms with Crippen molar-refractivity contribution in [2.75, 3.05) is 12.0 Å². The smallest absolute Gasteiger partial charge is 0.264 e. The highest BCUT2D eigenvalue weighted by Crippen LogP contribution is 2.41. The molecule has 1 fully saturated rings.